The summed E-state index contributed by atoms with van der Waals surface area (Å²) >= 11 is 0. The number of hydrogen-bond donors (Lipinski definition) is 0. The van der Waals surface area contributed by atoms with Crippen LogP contribution in [0.4, 0.5) is 13.2 Å². The molecule has 0 amide bonds. The molecule has 0 saturated carbocycles. The van der Waals surface area contributed by atoms with E-state index in [1.54, 1.807) is 6.07 Å². The lowest BCUT2D eigenvalue weighted by molar-refractivity contribution is 0.147. The van der Waals surface area contributed by atoms with Gasteiger partial charge in [0.05, 0.1) is 12.7 Å². The second-order valence-electron chi connectivity index (χ2n) is 2.86. The molecule has 0 saturated heterocycles. The van der Waals surface area contributed by atoms with E-state index in [-0.39, 0.29) is 11.3 Å². The summed E-state index contributed by atoms with van der Waals surface area (Å²) in [6.45, 7) is -0.615. The quantitative estimate of drug-likeness (QED) is 0.746. The van der Waals surface area contributed by atoms with E-state index in [1.165, 1.54) is 31.4 Å². The molecular weight excluding hydrogens is 205 g/mol. The lowest BCUT2D eigenvalue weighted by Crippen LogP contribution is -1.92. The number of ether oxygens (including phenoxy) is 1. The molecule has 1 aromatic rings. The number of benzene rings is 1. The van der Waals surface area contributed by atoms with Gasteiger partial charge in [0.25, 0.3) is 6.43 Å². The molecule has 0 N–H and O–H groups in total. The van der Waals surface area contributed by atoms with Gasteiger partial charge in [0, 0.05) is 0 Å². The molecule has 1 aromatic carbocycles. The first-order chi connectivity index (χ1) is 7.19. The van der Waals surface area contributed by atoms with Gasteiger partial charge in [-0.2, -0.15) is 0 Å². The third kappa shape index (κ3) is 3.01. The Hall–Kier alpha value is -1.45. The fourth-order valence-electron chi connectivity index (χ4n) is 1.21. The fourth-order valence-corrected chi connectivity index (χ4v) is 1.21. The van der Waals surface area contributed by atoms with Crippen molar-refractivity contribution in [2.75, 3.05) is 13.8 Å². The smallest absolute Gasteiger partial charge is 0.267 e. The fraction of sp³-hybridized carbons (Fsp3) is 0.273. The predicted octanol–water partition coefficient (Wildman–Crippen LogP) is 3.62. The van der Waals surface area contributed by atoms with E-state index in [2.05, 4.69) is 0 Å². The molecule has 0 aliphatic carbocycles. The number of alkyl halides is 3. The minimum absolute atomic E-state index is 0.141. The Morgan fingerprint density at radius 3 is 2.67 bits per heavy atom. The Balaban J connectivity index is 3.04. The third-order valence-corrected chi connectivity index (χ3v) is 1.89. The molecule has 0 unspecified atom stereocenters. The standard InChI is InChI=1S/C11H11F3O/c1-15-10-5-4-8(3-2-6-12)7-9(10)11(13)14/h2-5,7,11H,6H2,1H3. The highest BCUT2D eigenvalue weighted by Crippen LogP contribution is 2.29. The molecule has 0 radical (unpaired) electrons. The highest BCUT2D eigenvalue weighted by molar-refractivity contribution is 5.53. The number of halogens is 3. The zero-order chi connectivity index (χ0) is 11.3. The van der Waals surface area contributed by atoms with Crippen LogP contribution < -0.4 is 4.74 Å². The van der Waals surface area contributed by atoms with Crippen molar-refractivity contribution in [2.24, 2.45) is 0 Å². The normalized spacial score (nSPS) is 11.3. The number of methoxy groups -OCH3 is 1. The summed E-state index contributed by atoms with van der Waals surface area (Å²) in [7, 11) is 1.33. The van der Waals surface area contributed by atoms with Gasteiger partial charge in [-0.3, -0.25) is 0 Å². The van der Waals surface area contributed by atoms with Crippen molar-refractivity contribution in [1.29, 1.82) is 0 Å². The zero-order valence-electron chi connectivity index (χ0n) is 8.21. The maximum absolute atomic E-state index is 12.5. The van der Waals surface area contributed by atoms with Crippen LogP contribution in [0.1, 0.15) is 17.6 Å². The van der Waals surface area contributed by atoms with Crippen molar-refractivity contribution in [3.05, 3.63) is 35.4 Å². The third-order valence-electron chi connectivity index (χ3n) is 1.89. The van der Waals surface area contributed by atoms with Crippen molar-refractivity contribution in [3.63, 3.8) is 0 Å². The Bertz CT molecular complexity index is 348. The number of hydrogen-bond acceptors (Lipinski definition) is 1. The molecule has 0 heterocycles. The summed E-state index contributed by atoms with van der Waals surface area (Å²) in [5, 5.41) is 0. The number of rotatable bonds is 4. The van der Waals surface area contributed by atoms with E-state index in [1.807, 2.05) is 0 Å². The molecule has 0 aliphatic rings. The second-order valence-corrected chi connectivity index (χ2v) is 2.86. The summed E-state index contributed by atoms with van der Waals surface area (Å²) in [6.07, 6.45) is 0.112. The summed E-state index contributed by atoms with van der Waals surface area (Å²) in [6, 6.07) is 4.33. The summed E-state index contributed by atoms with van der Waals surface area (Å²) < 4.78 is 41.7. The Morgan fingerprint density at radius 2 is 2.13 bits per heavy atom. The molecular formula is C11H11F3O. The second kappa shape index (κ2) is 5.44. The maximum atomic E-state index is 12.5. The predicted molar refractivity (Wildman–Crippen MR) is 53.0 cm³/mol. The molecule has 0 fully saturated rings. The van der Waals surface area contributed by atoms with E-state index in [0.29, 0.717) is 5.56 Å². The van der Waals surface area contributed by atoms with Gasteiger partial charge in [-0.15, -0.1) is 0 Å². The Morgan fingerprint density at radius 1 is 1.40 bits per heavy atom. The minimum atomic E-state index is -2.60. The summed E-state index contributed by atoms with van der Waals surface area (Å²) in [5.41, 5.74) is 0.349. The van der Waals surface area contributed by atoms with Crippen molar-refractivity contribution in [1.82, 2.24) is 0 Å². The van der Waals surface area contributed by atoms with Crippen molar-refractivity contribution >= 4 is 6.08 Å². The van der Waals surface area contributed by atoms with Gasteiger partial charge >= 0.3 is 0 Å². The van der Waals surface area contributed by atoms with Gasteiger partial charge in [0.1, 0.15) is 12.4 Å². The van der Waals surface area contributed by atoms with Crippen LogP contribution >= 0.6 is 0 Å². The summed E-state index contributed by atoms with van der Waals surface area (Å²) in [4.78, 5) is 0. The molecule has 1 rings (SSSR count). The molecule has 0 atom stereocenters. The van der Waals surface area contributed by atoms with E-state index in [9.17, 15) is 13.2 Å². The zero-order valence-corrected chi connectivity index (χ0v) is 8.21. The molecule has 0 bridgehead atoms. The van der Waals surface area contributed by atoms with Crippen LogP contribution in [0.5, 0.6) is 5.75 Å². The van der Waals surface area contributed by atoms with Gasteiger partial charge in [-0.25, -0.2) is 13.2 Å². The molecule has 4 heteroatoms. The first-order valence-corrected chi connectivity index (χ1v) is 4.37. The van der Waals surface area contributed by atoms with Crippen LogP contribution in [0, 0.1) is 0 Å². The molecule has 82 valence electrons. The highest BCUT2D eigenvalue weighted by atomic mass is 19.3. The van der Waals surface area contributed by atoms with Crippen LogP contribution in [-0.4, -0.2) is 13.8 Å². The van der Waals surface area contributed by atoms with E-state index in [0.717, 1.165) is 0 Å². The van der Waals surface area contributed by atoms with Gasteiger partial charge in [-0.05, 0) is 17.7 Å². The van der Waals surface area contributed by atoms with Crippen molar-refractivity contribution in [3.8, 4) is 5.75 Å². The summed E-state index contributed by atoms with van der Waals surface area (Å²) in [5.74, 6) is 0.141. The first kappa shape index (κ1) is 11.6. The first-order valence-electron chi connectivity index (χ1n) is 4.37. The van der Waals surface area contributed by atoms with Crippen LogP contribution in [0.2, 0.25) is 0 Å². The molecule has 15 heavy (non-hydrogen) atoms. The maximum Gasteiger partial charge on any atom is 0.267 e. The van der Waals surface area contributed by atoms with Crippen LogP contribution in [-0.2, 0) is 0 Å². The minimum Gasteiger partial charge on any atom is -0.496 e. The monoisotopic (exact) mass is 216 g/mol. The Kier molecular flexibility index (Phi) is 4.21. The van der Waals surface area contributed by atoms with Crippen molar-refractivity contribution in [2.45, 2.75) is 6.43 Å². The van der Waals surface area contributed by atoms with Crippen LogP contribution in [0.3, 0.4) is 0 Å². The lowest BCUT2D eigenvalue weighted by atomic mass is 10.1. The van der Waals surface area contributed by atoms with Gasteiger partial charge in [-0.1, -0.05) is 18.2 Å². The van der Waals surface area contributed by atoms with E-state index < -0.39 is 13.1 Å². The van der Waals surface area contributed by atoms with Crippen molar-refractivity contribution < 1.29 is 17.9 Å². The van der Waals surface area contributed by atoms with Gasteiger partial charge in [0.2, 0.25) is 0 Å². The molecule has 0 aromatic heterocycles. The van der Waals surface area contributed by atoms with Gasteiger partial charge < -0.3 is 4.74 Å². The molecule has 0 aliphatic heterocycles. The average Bonchev–Trinajstić information content (AvgIpc) is 2.25. The topological polar surface area (TPSA) is 9.23 Å². The number of allylic oxidation sites excluding steroid dienone is 1. The SMILES string of the molecule is COc1ccc(C=CCF)cc1C(F)F. The van der Waals surface area contributed by atoms with E-state index in [4.69, 9.17) is 4.74 Å². The van der Waals surface area contributed by atoms with Crippen LogP contribution in [0.15, 0.2) is 24.3 Å². The lowest BCUT2D eigenvalue weighted by Gasteiger charge is -2.08. The van der Waals surface area contributed by atoms with Crippen LogP contribution in [0.25, 0.3) is 6.08 Å². The molecule has 1 nitrogen and oxygen atoms in total. The van der Waals surface area contributed by atoms with E-state index >= 15 is 0 Å². The van der Waals surface area contributed by atoms with Gasteiger partial charge in [0.15, 0.2) is 0 Å². The highest BCUT2D eigenvalue weighted by Gasteiger charge is 2.13. The Labute approximate surface area is 86.2 Å². The largest absolute Gasteiger partial charge is 0.496 e. The average molecular weight is 216 g/mol. The molecule has 0 spiro atoms.